The molecule has 0 spiro atoms. The summed E-state index contributed by atoms with van der Waals surface area (Å²) in [6.07, 6.45) is 3.00. The Hall–Kier alpha value is -2.13. The van der Waals surface area contributed by atoms with Gasteiger partial charge in [0.05, 0.1) is 12.1 Å². The van der Waals surface area contributed by atoms with Crippen LogP contribution in [0.15, 0.2) is 48.7 Å². The molecule has 0 saturated heterocycles. The lowest BCUT2D eigenvalue weighted by Crippen LogP contribution is -2.04. The number of halogens is 1. The fraction of sp³-hybridized carbons (Fsp3) is 0.222. The van der Waals surface area contributed by atoms with Gasteiger partial charge in [0.2, 0.25) is 0 Å². The molecule has 2 N–H and O–H groups in total. The first-order valence-electron chi connectivity index (χ1n) is 7.27. The Morgan fingerprint density at radius 1 is 1.10 bits per heavy atom. The third-order valence-corrected chi connectivity index (χ3v) is 3.95. The molecule has 0 atom stereocenters. The molecule has 0 fully saturated rings. The Balaban J connectivity index is 2.02. The first-order chi connectivity index (χ1) is 10.2. The van der Waals surface area contributed by atoms with Crippen LogP contribution in [0, 0.1) is 5.82 Å². The molecule has 1 heterocycles. The monoisotopic (exact) mass is 282 g/mol. The highest BCUT2D eigenvalue weighted by Crippen LogP contribution is 2.23. The third-order valence-electron chi connectivity index (χ3n) is 3.95. The van der Waals surface area contributed by atoms with Gasteiger partial charge in [-0.3, -0.25) is 0 Å². The molecule has 0 radical (unpaired) electrons. The summed E-state index contributed by atoms with van der Waals surface area (Å²) in [5.41, 5.74) is 9.54. The highest BCUT2D eigenvalue weighted by Gasteiger charge is 2.09. The van der Waals surface area contributed by atoms with Gasteiger partial charge in [-0.05, 0) is 35.1 Å². The van der Waals surface area contributed by atoms with Gasteiger partial charge >= 0.3 is 0 Å². The number of para-hydroxylation sites is 1. The van der Waals surface area contributed by atoms with Crippen molar-refractivity contribution in [2.45, 2.75) is 26.4 Å². The number of nitrogens with zero attached hydrogens (tertiary/aromatic N) is 1. The number of hydrogen-bond acceptors (Lipinski definition) is 1. The van der Waals surface area contributed by atoms with Crippen molar-refractivity contribution in [3.05, 3.63) is 71.2 Å². The van der Waals surface area contributed by atoms with Crippen molar-refractivity contribution in [1.82, 2.24) is 4.57 Å². The standard InChI is InChI=1S/C18H19FN2/c1-2-14-4-3-5-15-8-9-21(18(14)15)12-16-7-6-13(11-20)10-17(16)19/h3-10H,2,11-12,20H2,1H3. The Morgan fingerprint density at radius 3 is 2.67 bits per heavy atom. The van der Waals surface area contributed by atoms with Crippen LogP contribution < -0.4 is 5.73 Å². The van der Waals surface area contributed by atoms with Crippen LogP contribution in [0.5, 0.6) is 0 Å². The maximum atomic E-state index is 14.1. The quantitative estimate of drug-likeness (QED) is 0.774. The number of nitrogens with two attached hydrogens (primary N) is 1. The molecule has 3 heteroatoms. The van der Waals surface area contributed by atoms with Crippen LogP contribution in [0.3, 0.4) is 0 Å². The second-order valence-electron chi connectivity index (χ2n) is 5.28. The summed E-state index contributed by atoms with van der Waals surface area (Å²) in [5.74, 6) is -0.186. The normalized spacial score (nSPS) is 11.2. The zero-order chi connectivity index (χ0) is 14.8. The van der Waals surface area contributed by atoms with Crippen LogP contribution in [0.1, 0.15) is 23.6 Å². The van der Waals surface area contributed by atoms with Crippen LogP contribution in [-0.4, -0.2) is 4.57 Å². The molecule has 21 heavy (non-hydrogen) atoms. The van der Waals surface area contributed by atoms with Crippen molar-refractivity contribution < 1.29 is 4.39 Å². The first kappa shape index (κ1) is 13.8. The van der Waals surface area contributed by atoms with E-state index in [2.05, 4.69) is 35.8 Å². The second kappa shape index (κ2) is 5.70. The van der Waals surface area contributed by atoms with Crippen molar-refractivity contribution >= 4 is 10.9 Å². The molecule has 0 aliphatic carbocycles. The van der Waals surface area contributed by atoms with Gasteiger partial charge in [0.15, 0.2) is 0 Å². The average Bonchev–Trinajstić information content (AvgIpc) is 2.92. The van der Waals surface area contributed by atoms with E-state index in [4.69, 9.17) is 5.73 Å². The number of aryl methyl sites for hydroxylation is 1. The number of rotatable bonds is 4. The van der Waals surface area contributed by atoms with E-state index in [0.29, 0.717) is 18.7 Å². The van der Waals surface area contributed by atoms with Gasteiger partial charge in [0.25, 0.3) is 0 Å². The van der Waals surface area contributed by atoms with E-state index in [-0.39, 0.29) is 5.82 Å². The first-order valence-corrected chi connectivity index (χ1v) is 7.27. The molecule has 0 bridgehead atoms. The van der Waals surface area contributed by atoms with Gasteiger partial charge in [0, 0.05) is 18.3 Å². The molecule has 108 valence electrons. The molecule has 0 unspecified atom stereocenters. The van der Waals surface area contributed by atoms with Crippen LogP contribution in [-0.2, 0) is 19.5 Å². The zero-order valence-corrected chi connectivity index (χ0v) is 12.1. The average molecular weight is 282 g/mol. The molecule has 0 aliphatic rings. The molecule has 2 nitrogen and oxygen atoms in total. The zero-order valence-electron chi connectivity index (χ0n) is 12.1. The van der Waals surface area contributed by atoms with Gasteiger partial charge in [-0.2, -0.15) is 0 Å². The van der Waals surface area contributed by atoms with E-state index in [1.165, 1.54) is 22.5 Å². The molecule has 2 aromatic carbocycles. The lowest BCUT2D eigenvalue weighted by molar-refractivity contribution is 0.599. The topological polar surface area (TPSA) is 30.9 Å². The summed E-state index contributed by atoms with van der Waals surface area (Å²) in [6.45, 7) is 3.05. The predicted molar refractivity (Wildman–Crippen MR) is 84.7 cm³/mol. The Kier molecular flexibility index (Phi) is 3.76. The molecular formula is C18H19FN2. The molecular weight excluding hydrogens is 263 g/mol. The Labute approximate surface area is 124 Å². The van der Waals surface area contributed by atoms with Crippen LogP contribution >= 0.6 is 0 Å². The molecule has 1 aromatic heterocycles. The summed E-state index contributed by atoms with van der Waals surface area (Å²) >= 11 is 0. The van der Waals surface area contributed by atoms with Gasteiger partial charge in [-0.1, -0.05) is 37.3 Å². The van der Waals surface area contributed by atoms with Crippen LogP contribution in [0.25, 0.3) is 10.9 Å². The SMILES string of the molecule is CCc1cccc2ccn(Cc3ccc(CN)cc3F)c12. The highest BCUT2D eigenvalue weighted by molar-refractivity contribution is 5.83. The van der Waals surface area contributed by atoms with E-state index < -0.39 is 0 Å². The number of benzene rings is 2. The van der Waals surface area contributed by atoms with Gasteiger partial charge in [-0.25, -0.2) is 4.39 Å². The van der Waals surface area contributed by atoms with Crippen LogP contribution in [0.4, 0.5) is 4.39 Å². The number of aromatic nitrogens is 1. The van der Waals surface area contributed by atoms with Crippen molar-refractivity contribution in [3.63, 3.8) is 0 Å². The summed E-state index contributed by atoms with van der Waals surface area (Å²) in [5, 5.41) is 1.20. The summed E-state index contributed by atoms with van der Waals surface area (Å²) in [4.78, 5) is 0. The lowest BCUT2D eigenvalue weighted by Gasteiger charge is -2.10. The van der Waals surface area contributed by atoms with Crippen LogP contribution in [0.2, 0.25) is 0 Å². The summed E-state index contributed by atoms with van der Waals surface area (Å²) in [7, 11) is 0. The van der Waals surface area contributed by atoms with E-state index in [1.807, 2.05) is 18.3 Å². The maximum Gasteiger partial charge on any atom is 0.128 e. The van der Waals surface area contributed by atoms with E-state index in [1.54, 1.807) is 0 Å². The minimum absolute atomic E-state index is 0.186. The minimum Gasteiger partial charge on any atom is -0.343 e. The fourth-order valence-corrected chi connectivity index (χ4v) is 2.79. The highest BCUT2D eigenvalue weighted by atomic mass is 19.1. The van der Waals surface area contributed by atoms with Crippen molar-refractivity contribution in [1.29, 1.82) is 0 Å². The van der Waals surface area contributed by atoms with Crippen molar-refractivity contribution in [2.75, 3.05) is 0 Å². The summed E-state index contributed by atoms with van der Waals surface area (Å²) in [6, 6.07) is 13.6. The van der Waals surface area contributed by atoms with E-state index in [9.17, 15) is 4.39 Å². The number of fused-ring (bicyclic) bond motifs is 1. The minimum atomic E-state index is -0.186. The largest absolute Gasteiger partial charge is 0.343 e. The van der Waals surface area contributed by atoms with Gasteiger partial charge in [-0.15, -0.1) is 0 Å². The second-order valence-corrected chi connectivity index (χ2v) is 5.28. The maximum absolute atomic E-state index is 14.1. The number of hydrogen-bond donors (Lipinski definition) is 1. The van der Waals surface area contributed by atoms with Crippen molar-refractivity contribution in [2.24, 2.45) is 5.73 Å². The van der Waals surface area contributed by atoms with Gasteiger partial charge in [0.1, 0.15) is 5.82 Å². The van der Waals surface area contributed by atoms with Gasteiger partial charge < -0.3 is 10.3 Å². The summed E-state index contributed by atoms with van der Waals surface area (Å²) < 4.78 is 16.3. The molecule has 3 rings (SSSR count). The Bertz CT molecular complexity index is 774. The molecule has 3 aromatic rings. The van der Waals surface area contributed by atoms with E-state index in [0.717, 1.165) is 12.0 Å². The molecule has 0 saturated carbocycles. The third kappa shape index (κ3) is 2.57. The molecule has 0 aliphatic heterocycles. The Morgan fingerprint density at radius 2 is 1.95 bits per heavy atom. The fourth-order valence-electron chi connectivity index (χ4n) is 2.79. The lowest BCUT2D eigenvalue weighted by atomic mass is 10.1. The molecule has 0 amide bonds. The predicted octanol–water partition coefficient (Wildman–Crippen LogP) is 3.85. The smallest absolute Gasteiger partial charge is 0.128 e. The van der Waals surface area contributed by atoms with Crippen molar-refractivity contribution in [3.8, 4) is 0 Å². The van der Waals surface area contributed by atoms with E-state index >= 15 is 0 Å².